The minimum absolute atomic E-state index is 0.557. The van der Waals surface area contributed by atoms with Crippen molar-refractivity contribution < 1.29 is 4.42 Å². The number of hydrogen-bond acceptors (Lipinski definition) is 3. The highest BCUT2D eigenvalue weighted by Crippen LogP contribution is 2.21. The van der Waals surface area contributed by atoms with Gasteiger partial charge in [0, 0.05) is 10.8 Å². The lowest BCUT2D eigenvalue weighted by atomic mass is 10.1. The first-order valence-electron chi connectivity index (χ1n) is 4.62. The summed E-state index contributed by atoms with van der Waals surface area (Å²) in [6.45, 7) is 0. The normalized spacial score (nSPS) is 10.9. The first-order valence-corrected chi connectivity index (χ1v) is 4.62. The molecule has 0 spiro atoms. The third kappa shape index (κ3) is 1.21. The summed E-state index contributed by atoms with van der Waals surface area (Å²) in [4.78, 5) is 14.9. The second-order valence-corrected chi connectivity index (χ2v) is 3.34. The van der Waals surface area contributed by atoms with E-state index in [4.69, 9.17) is 4.42 Å². The maximum Gasteiger partial charge on any atom is 0.439 e. The molecule has 0 unspecified atom stereocenters. The lowest BCUT2D eigenvalue weighted by Gasteiger charge is -2.00. The minimum Gasteiger partial charge on any atom is -0.416 e. The van der Waals surface area contributed by atoms with Gasteiger partial charge in [0.2, 0.25) is 0 Å². The van der Waals surface area contributed by atoms with Gasteiger partial charge in [0.1, 0.15) is 6.26 Å². The van der Waals surface area contributed by atoms with Gasteiger partial charge in [0.05, 0.1) is 5.52 Å². The highest BCUT2D eigenvalue weighted by atomic mass is 16.4. The number of rotatable bonds is 0. The average molecular weight is 197 g/mol. The van der Waals surface area contributed by atoms with Gasteiger partial charge in [-0.05, 0) is 11.5 Å². The summed E-state index contributed by atoms with van der Waals surface area (Å²) < 4.78 is 4.72. The Hall–Kier alpha value is -2.16. The van der Waals surface area contributed by atoms with Gasteiger partial charge in [0.15, 0.2) is 0 Å². The van der Waals surface area contributed by atoms with Gasteiger partial charge >= 0.3 is 5.76 Å². The molecule has 0 aliphatic heterocycles. The molecular formula is C12H7NO2. The number of benzene rings is 2. The third-order valence-corrected chi connectivity index (χ3v) is 2.42. The molecule has 3 aromatic rings. The molecule has 1 heterocycles. The number of nitrogens with zero attached hydrogens (tertiary/aromatic N) is 1. The molecule has 0 fully saturated rings. The van der Waals surface area contributed by atoms with Crippen molar-refractivity contribution in [2.45, 2.75) is 0 Å². The standard InChI is InChI=1S/C12H7NO2/c14-12-13-11-9(7-15-12)6-5-8-3-1-2-4-10(8)11/h1-7H. The van der Waals surface area contributed by atoms with Crippen molar-refractivity contribution in [3.8, 4) is 0 Å². The van der Waals surface area contributed by atoms with Crippen LogP contribution in [-0.2, 0) is 0 Å². The van der Waals surface area contributed by atoms with Crippen LogP contribution in [0, 0.1) is 0 Å². The Balaban J connectivity index is 2.63. The molecule has 0 N–H and O–H groups in total. The van der Waals surface area contributed by atoms with E-state index in [0.29, 0.717) is 5.52 Å². The maximum atomic E-state index is 11.0. The first-order chi connectivity index (χ1) is 7.34. The monoisotopic (exact) mass is 197 g/mol. The van der Waals surface area contributed by atoms with E-state index in [1.54, 1.807) is 0 Å². The zero-order valence-electron chi connectivity index (χ0n) is 7.81. The van der Waals surface area contributed by atoms with E-state index in [2.05, 4.69) is 4.98 Å². The summed E-state index contributed by atoms with van der Waals surface area (Å²) in [6.07, 6.45) is 1.44. The lowest BCUT2D eigenvalue weighted by Crippen LogP contribution is -2.02. The fraction of sp³-hybridized carbons (Fsp3) is 0. The van der Waals surface area contributed by atoms with E-state index < -0.39 is 5.76 Å². The van der Waals surface area contributed by atoms with Crippen molar-refractivity contribution in [3.63, 3.8) is 0 Å². The molecule has 3 rings (SSSR count). The van der Waals surface area contributed by atoms with Crippen molar-refractivity contribution in [2.24, 2.45) is 0 Å². The van der Waals surface area contributed by atoms with E-state index in [-0.39, 0.29) is 0 Å². The van der Waals surface area contributed by atoms with Crippen molar-refractivity contribution in [1.29, 1.82) is 0 Å². The summed E-state index contributed by atoms with van der Waals surface area (Å²) in [6, 6.07) is 11.7. The predicted molar refractivity (Wildman–Crippen MR) is 57.8 cm³/mol. The van der Waals surface area contributed by atoms with Crippen LogP contribution in [0.25, 0.3) is 21.7 Å². The zero-order valence-corrected chi connectivity index (χ0v) is 7.81. The Morgan fingerprint density at radius 3 is 2.73 bits per heavy atom. The number of fused-ring (bicyclic) bond motifs is 3. The summed E-state index contributed by atoms with van der Waals surface area (Å²) in [5, 5.41) is 2.89. The summed E-state index contributed by atoms with van der Waals surface area (Å²) >= 11 is 0. The molecular weight excluding hydrogens is 190 g/mol. The van der Waals surface area contributed by atoms with Crippen LogP contribution in [0.2, 0.25) is 0 Å². The Kier molecular flexibility index (Phi) is 1.59. The van der Waals surface area contributed by atoms with Gasteiger partial charge in [-0.2, -0.15) is 4.98 Å². The lowest BCUT2D eigenvalue weighted by molar-refractivity contribution is 0.493. The van der Waals surface area contributed by atoms with Crippen molar-refractivity contribution >= 4 is 21.7 Å². The second kappa shape index (κ2) is 2.92. The molecule has 15 heavy (non-hydrogen) atoms. The van der Waals surface area contributed by atoms with Gasteiger partial charge in [-0.1, -0.05) is 30.3 Å². The average Bonchev–Trinajstić information content (AvgIpc) is 2.29. The highest BCUT2D eigenvalue weighted by molar-refractivity contribution is 6.04. The van der Waals surface area contributed by atoms with Gasteiger partial charge < -0.3 is 4.42 Å². The fourth-order valence-electron chi connectivity index (χ4n) is 1.72. The van der Waals surface area contributed by atoms with Crippen LogP contribution in [0.4, 0.5) is 0 Å². The van der Waals surface area contributed by atoms with E-state index in [9.17, 15) is 4.79 Å². The summed E-state index contributed by atoms with van der Waals surface area (Å²) in [5.41, 5.74) is 0.698. The van der Waals surface area contributed by atoms with Crippen molar-refractivity contribution in [2.75, 3.05) is 0 Å². The van der Waals surface area contributed by atoms with Gasteiger partial charge in [-0.3, -0.25) is 0 Å². The molecule has 3 nitrogen and oxygen atoms in total. The third-order valence-electron chi connectivity index (χ3n) is 2.42. The molecule has 0 radical (unpaired) electrons. The van der Waals surface area contributed by atoms with Gasteiger partial charge in [-0.25, -0.2) is 4.79 Å². The van der Waals surface area contributed by atoms with Crippen LogP contribution in [-0.4, -0.2) is 4.98 Å². The zero-order chi connectivity index (χ0) is 10.3. The Morgan fingerprint density at radius 1 is 1.00 bits per heavy atom. The number of hydrogen-bond donors (Lipinski definition) is 0. The Bertz CT molecular complexity index is 700. The predicted octanol–water partition coefficient (Wildman–Crippen LogP) is 2.34. The Morgan fingerprint density at radius 2 is 1.80 bits per heavy atom. The summed E-state index contributed by atoms with van der Waals surface area (Å²) in [5.74, 6) is -0.557. The van der Waals surface area contributed by atoms with Crippen LogP contribution in [0.5, 0.6) is 0 Å². The van der Waals surface area contributed by atoms with E-state index in [1.165, 1.54) is 6.26 Å². The van der Waals surface area contributed by atoms with Crippen LogP contribution < -0.4 is 5.76 Å². The molecule has 0 saturated carbocycles. The first kappa shape index (κ1) is 8.17. The fourth-order valence-corrected chi connectivity index (χ4v) is 1.72. The molecule has 0 amide bonds. The molecule has 72 valence electrons. The molecule has 0 bridgehead atoms. The van der Waals surface area contributed by atoms with Crippen molar-refractivity contribution in [3.05, 3.63) is 53.2 Å². The Labute approximate surface area is 85.0 Å². The molecule has 1 aromatic heterocycles. The molecule has 0 saturated heterocycles. The second-order valence-electron chi connectivity index (χ2n) is 3.34. The largest absolute Gasteiger partial charge is 0.439 e. The quantitative estimate of drug-likeness (QED) is 0.519. The van der Waals surface area contributed by atoms with Gasteiger partial charge in [-0.15, -0.1) is 0 Å². The van der Waals surface area contributed by atoms with Gasteiger partial charge in [0.25, 0.3) is 0 Å². The maximum absolute atomic E-state index is 11.0. The highest BCUT2D eigenvalue weighted by Gasteiger charge is 2.02. The number of aromatic nitrogens is 1. The van der Waals surface area contributed by atoms with E-state index in [0.717, 1.165) is 16.2 Å². The van der Waals surface area contributed by atoms with E-state index in [1.807, 2.05) is 36.4 Å². The summed E-state index contributed by atoms with van der Waals surface area (Å²) in [7, 11) is 0. The molecule has 0 aliphatic carbocycles. The molecule has 0 aliphatic rings. The van der Waals surface area contributed by atoms with Crippen LogP contribution in [0.1, 0.15) is 0 Å². The van der Waals surface area contributed by atoms with E-state index >= 15 is 0 Å². The smallest absolute Gasteiger partial charge is 0.416 e. The van der Waals surface area contributed by atoms with Crippen molar-refractivity contribution in [1.82, 2.24) is 4.98 Å². The minimum atomic E-state index is -0.557. The SMILES string of the molecule is O=c1nc2c(ccc3ccccc32)co1. The topological polar surface area (TPSA) is 43.1 Å². The molecule has 2 aromatic carbocycles. The molecule has 0 atom stereocenters. The van der Waals surface area contributed by atoms with Crippen LogP contribution >= 0.6 is 0 Å². The molecule has 3 heteroatoms. The van der Waals surface area contributed by atoms with Crippen LogP contribution in [0.15, 0.2) is 51.9 Å². The van der Waals surface area contributed by atoms with Crippen LogP contribution in [0.3, 0.4) is 0 Å².